The summed E-state index contributed by atoms with van der Waals surface area (Å²) in [5.74, 6) is -0.948. The van der Waals surface area contributed by atoms with E-state index in [0.717, 1.165) is 0 Å². The van der Waals surface area contributed by atoms with Gasteiger partial charge in [-0.1, -0.05) is 11.6 Å². The molecule has 1 amide bonds. The van der Waals surface area contributed by atoms with Crippen molar-refractivity contribution < 1.29 is 9.59 Å². The zero-order chi connectivity index (χ0) is 10.7. The molecule has 0 saturated carbocycles. The number of carbonyl (C=O) groups is 2. The van der Waals surface area contributed by atoms with Gasteiger partial charge >= 0.3 is 0 Å². The zero-order valence-electron chi connectivity index (χ0n) is 7.09. The van der Waals surface area contributed by atoms with Gasteiger partial charge in [0, 0.05) is 10.0 Å². The van der Waals surface area contributed by atoms with Crippen LogP contribution in [0.5, 0.6) is 0 Å². The second-order valence-electron chi connectivity index (χ2n) is 2.70. The molecular weight excluding hydrogens is 269 g/mol. The summed E-state index contributed by atoms with van der Waals surface area (Å²) < 4.78 is 0.620. The van der Waals surface area contributed by atoms with Crippen LogP contribution < -0.4 is 5.73 Å². The van der Waals surface area contributed by atoms with E-state index in [1.807, 2.05) is 0 Å². The molecule has 0 atom stereocenters. The minimum Gasteiger partial charge on any atom is -0.369 e. The molecule has 0 radical (unpaired) electrons. The van der Waals surface area contributed by atoms with Crippen LogP contribution in [-0.2, 0) is 4.79 Å². The number of Topliss-reactive ketones (excluding diaryl/α,β-unsaturated/α-hetero) is 1. The molecule has 1 rings (SSSR count). The van der Waals surface area contributed by atoms with Gasteiger partial charge in [-0.05, 0) is 34.1 Å². The fourth-order valence-electron chi connectivity index (χ4n) is 0.930. The maximum atomic E-state index is 11.4. The third-order valence-electron chi connectivity index (χ3n) is 1.58. The van der Waals surface area contributed by atoms with Crippen molar-refractivity contribution in [3.63, 3.8) is 0 Å². The Kier molecular flexibility index (Phi) is 3.66. The predicted octanol–water partition coefficient (Wildman–Crippen LogP) is 2.16. The van der Waals surface area contributed by atoms with Crippen molar-refractivity contribution in [3.05, 3.63) is 33.3 Å². The highest BCUT2D eigenvalue weighted by Crippen LogP contribution is 2.23. The number of rotatable bonds is 3. The first-order chi connectivity index (χ1) is 6.50. The minimum absolute atomic E-state index is 0.284. The van der Waals surface area contributed by atoms with Crippen LogP contribution >= 0.6 is 27.5 Å². The molecule has 0 spiro atoms. The summed E-state index contributed by atoms with van der Waals surface area (Å²) in [5, 5.41) is 0.514. The molecule has 0 aliphatic heterocycles. The van der Waals surface area contributed by atoms with E-state index in [4.69, 9.17) is 17.3 Å². The third-order valence-corrected chi connectivity index (χ3v) is 2.79. The Bertz CT molecular complexity index is 392. The number of halogens is 2. The molecule has 0 aliphatic rings. The second kappa shape index (κ2) is 4.57. The first-order valence-electron chi connectivity index (χ1n) is 3.77. The average Bonchev–Trinajstić information content (AvgIpc) is 2.08. The molecule has 0 unspecified atom stereocenters. The van der Waals surface area contributed by atoms with Crippen molar-refractivity contribution in [2.24, 2.45) is 5.73 Å². The predicted molar refractivity (Wildman–Crippen MR) is 57.3 cm³/mol. The highest BCUT2D eigenvalue weighted by atomic mass is 79.9. The summed E-state index contributed by atoms with van der Waals surface area (Å²) in [4.78, 5) is 21.9. The zero-order valence-corrected chi connectivity index (χ0v) is 9.43. The number of hydrogen-bond donors (Lipinski definition) is 1. The summed E-state index contributed by atoms with van der Waals surface area (Å²) in [6.45, 7) is 0. The molecule has 14 heavy (non-hydrogen) atoms. The van der Waals surface area contributed by atoms with Crippen LogP contribution in [0.3, 0.4) is 0 Å². The van der Waals surface area contributed by atoms with Crippen LogP contribution in [0.15, 0.2) is 22.7 Å². The fourth-order valence-corrected chi connectivity index (χ4v) is 1.43. The van der Waals surface area contributed by atoms with E-state index in [1.54, 1.807) is 18.2 Å². The first-order valence-corrected chi connectivity index (χ1v) is 4.94. The molecule has 3 nitrogen and oxygen atoms in total. The third kappa shape index (κ3) is 2.82. The maximum absolute atomic E-state index is 11.4. The lowest BCUT2D eigenvalue weighted by atomic mass is 10.1. The smallest absolute Gasteiger partial charge is 0.225 e. The van der Waals surface area contributed by atoms with Crippen LogP contribution in [0.2, 0.25) is 5.02 Å². The lowest BCUT2D eigenvalue weighted by Crippen LogP contribution is -2.16. The monoisotopic (exact) mass is 275 g/mol. The first kappa shape index (κ1) is 11.2. The normalized spacial score (nSPS) is 9.86. The summed E-state index contributed by atoms with van der Waals surface area (Å²) in [7, 11) is 0. The van der Waals surface area contributed by atoms with Crippen LogP contribution in [0, 0.1) is 0 Å². The summed E-state index contributed by atoms with van der Waals surface area (Å²) in [6, 6.07) is 4.70. The Labute approximate surface area is 94.4 Å². The number of primary amides is 1. The van der Waals surface area contributed by atoms with Crippen molar-refractivity contribution in [2.75, 3.05) is 0 Å². The van der Waals surface area contributed by atoms with Gasteiger partial charge in [-0.3, -0.25) is 9.59 Å². The fraction of sp³-hybridized carbons (Fsp3) is 0.111. The number of nitrogens with two attached hydrogens (primary N) is 1. The SMILES string of the molecule is NC(=O)CC(=O)c1ccc(Cl)c(Br)c1. The van der Waals surface area contributed by atoms with Gasteiger partial charge < -0.3 is 5.73 Å². The lowest BCUT2D eigenvalue weighted by molar-refractivity contribution is -0.117. The van der Waals surface area contributed by atoms with E-state index in [9.17, 15) is 9.59 Å². The number of ketones is 1. The summed E-state index contributed by atoms with van der Waals surface area (Å²) in [6.07, 6.45) is -0.284. The molecule has 0 aliphatic carbocycles. The van der Waals surface area contributed by atoms with E-state index in [0.29, 0.717) is 15.1 Å². The van der Waals surface area contributed by atoms with E-state index >= 15 is 0 Å². The Morgan fingerprint density at radius 3 is 2.57 bits per heavy atom. The molecule has 1 aromatic rings. The number of hydrogen-bond acceptors (Lipinski definition) is 2. The molecule has 74 valence electrons. The molecule has 5 heteroatoms. The van der Waals surface area contributed by atoms with Gasteiger partial charge in [0.05, 0.1) is 11.4 Å². The van der Waals surface area contributed by atoms with Gasteiger partial charge in [-0.15, -0.1) is 0 Å². The lowest BCUT2D eigenvalue weighted by Gasteiger charge is -2.00. The van der Waals surface area contributed by atoms with Crippen molar-refractivity contribution in [1.29, 1.82) is 0 Å². The molecule has 0 aromatic heterocycles. The van der Waals surface area contributed by atoms with Crippen LogP contribution in [-0.4, -0.2) is 11.7 Å². The Hall–Kier alpha value is -0.870. The Morgan fingerprint density at radius 2 is 2.07 bits per heavy atom. The maximum Gasteiger partial charge on any atom is 0.225 e. The van der Waals surface area contributed by atoms with Crippen molar-refractivity contribution in [1.82, 2.24) is 0 Å². The van der Waals surface area contributed by atoms with Gasteiger partial charge in [0.25, 0.3) is 0 Å². The van der Waals surface area contributed by atoms with Gasteiger partial charge in [-0.2, -0.15) is 0 Å². The molecule has 1 aromatic carbocycles. The van der Waals surface area contributed by atoms with Gasteiger partial charge in [-0.25, -0.2) is 0 Å². The molecular formula is C9H7BrClNO2. The molecule has 0 fully saturated rings. The number of carbonyl (C=O) groups excluding carboxylic acids is 2. The molecule has 0 bridgehead atoms. The van der Waals surface area contributed by atoms with Crippen LogP contribution in [0.1, 0.15) is 16.8 Å². The number of amides is 1. The highest BCUT2D eigenvalue weighted by Gasteiger charge is 2.10. The van der Waals surface area contributed by atoms with Crippen LogP contribution in [0.4, 0.5) is 0 Å². The standard InChI is InChI=1S/C9H7BrClNO2/c10-6-3-5(1-2-7(6)11)8(13)4-9(12)14/h1-3H,4H2,(H2,12,14). The molecule has 2 N–H and O–H groups in total. The van der Waals surface area contributed by atoms with Crippen molar-refractivity contribution in [2.45, 2.75) is 6.42 Å². The Balaban J connectivity index is 2.91. The largest absolute Gasteiger partial charge is 0.369 e. The van der Waals surface area contributed by atoms with E-state index in [1.165, 1.54) is 0 Å². The molecule has 0 heterocycles. The van der Waals surface area contributed by atoms with Crippen LogP contribution in [0.25, 0.3) is 0 Å². The minimum atomic E-state index is -0.638. The van der Waals surface area contributed by atoms with Gasteiger partial charge in [0.1, 0.15) is 0 Å². The summed E-state index contributed by atoms with van der Waals surface area (Å²) in [5.41, 5.74) is 5.32. The highest BCUT2D eigenvalue weighted by molar-refractivity contribution is 9.10. The average molecular weight is 277 g/mol. The topological polar surface area (TPSA) is 60.2 Å². The summed E-state index contributed by atoms with van der Waals surface area (Å²) >= 11 is 8.92. The van der Waals surface area contributed by atoms with Crippen molar-refractivity contribution >= 4 is 39.2 Å². The quantitative estimate of drug-likeness (QED) is 0.679. The second-order valence-corrected chi connectivity index (χ2v) is 3.96. The van der Waals surface area contributed by atoms with E-state index in [-0.39, 0.29) is 12.2 Å². The van der Waals surface area contributed by atoms with Gasteiger partial charge in [0.2, 0.25) is 5.91 Å². The van der Waals surface area contributed by atoms with Gasteiger partial charge in [0.15, 0.2) is 5.78 Å². The van der Waals surface area contributed by atoms with E-state index < -0.39 is 5.91 Å². The van der Waals surface area contributed by atoms with E-state index in [2.05, 4.69) is 15.9 Å². The number of benzene rings is 1. The Morgan fingerprint density at radius 1 is 1.43 bits per heavy atom. The molecule has 0 saturated heterocycles. The van der Waals surface area contributed by atoms with Crippen molar-refractivity contribution in [3.8, 4) is 0 Å².